The van der Waals surface area contributed by atoms with Crippen molar-refractivity contribution < 1.29 is 0 Å². The Hall–Kier alpha value is -0.105. The van der Waals surface area contributed by atoms with Crippen LogP contribution in [0.25, 0.3) is 0 Å². The monoisotopic (exact) mass is 206 g/mol. The Morgan fingerprint density at radius 3 is 2.86 bits per heavy atom. The van der Waals surface area contributed by atoms with E-state index in [9.17, 15) is 0 Å². The first-order chi connectivity index (χ1) is 6.55. The fourth-order valence-corrected chi connectivity index (χ4v) is 3.25. The van der Waals surface area contributed by atoms with Gasteiger partial charge in [0.05, 0.1) is 0 Å². The minimum atomic E-state index is 0.429. The van der Waals surface area contributed by atoms with E-state index in [1.807, 2.05) is 0 Å². The number of rotatable bonds is 1. The zero-order valence-electron chi connectivity index (χ0n) is 9.43. The molecule has 1 atom stereocenters. The van der Waals surface area contributed by atoms with Crippen LogP contribution >= 0.6 is 12.5 Å². The molecular weight excluding hydrogens is 187 g/mol. The molecule has 1 aliphatic heterocycles. The molecule has 2 heteroatoms. The van der Waals surface area contributed by atoms with Crippen molar-refractivity contribution in [2.45, 2.75) is 51.7 Å². The van der Waals surface area contributed by atoms with Crippen LogP contribution in [0, 0.1) is 0 Å². The van der Waals surface area contributed by atoms with Gasteiger partial charge in [-0.1, -0.05) is 36.6 Å². The normalized spacial score (nSPS) is 32.0. The molecule has 0 radical (unpaired) electrons. The first-order valence-corrected chi connectivity index (χ1v) is 6.13. The van der Waals surface area contributed by atoms with Gasteiger partial charge in [-0.15, -0.1) is 0 Å². The van der Waals surface area contributed by atoms with E-state index >= 15 is 0 Å². The first-order valence-electron chi connectivity index (χ1n) is 5.61. The van der Waals surface area contributed by atoms with Crippen LogP contribution in [0.15, 0.2) is 22.8 Å². The van der Waals surface area contributed by atoms with E-state index in [1.54, 1.807) is 11.1 Å². The average Bonchev–Trinajstić information content (AvgIpc) is 2.34. The third-order valence-electron chi connectivity index (χ3n) is 3.92. The van der Waals surface area contributed by atoms with Crippen LogP contribution in [-0.2, 0) is 0 Å². The molecule has 0 spiro atoms. The maximum Gasteiger partial charge on any atom is 0.216 e. The molecule has 2 aliphatic rings. The maximum atomic E-state index is 4.76. The minimum absolute atomic E-state index is 0.429. The highest BCUT2D eigenvalue weighted by molar-refractivity contribution is 8.10. The SMILES string of the molecule is CCC1=CC(C)=C2CB(S)C(C)(C1)C2. The zero-order chi connectivity index (χ0) is 10.3. The van der Waals surface area contributed by atoms with Gasteiger partial charge in [-0.3, -0.25) is 0 Å². The minimum Gasteiger partial charge on any atom is -0.226 e. The number of hydrogen-bond acceptors (Lipinski definition) is 1. The highest BCUT2D eigenvalue weighted by atomic mass is 32.1. The lowest BCUT2D eigenvalue weighted by Crippen LogP contribution is -2.19. The van der Waals surface area contributed by atoms with Gasteiger partial charge in [0, 0.05) is 0 Å². The van der Waals surface area contributed by atoms with Gasteiger partial charge in [0.2, 0.25) is 5.99 Å². The van der Waals surface area contributed by atoms with Gasteiger partial charge < -0.3 is 0 Å². The molecule has 1 fully saturated rings. The smallest absolute Gasteiger partial charge is 0.216 e. The van der Waals surface area contributed by atoms with E-state index in [-0.39, 0.29) is 0 Å². The van der Waals surface area contributed by atoms with Crippen LogP contribution < -0.4 is 0 Å². The van der Waals surface area contributed by atoms with E-state index in [2.05, 4.69) is 26.8 Å². The van der Waals surface area contributed by atoms with Crippen LogP contribution in [0.4, 0.5) is 0 Å². The van der Waals surface area contributed by atoms with Crippen molar-refractivity contribution in [3.05, 3.63) is 22.8 Å². The molecule has 0 aromatic rings. The van der Waals surface area contributed by atoms with Gasteiger partial charge in [-0.25, -0.2) is 12.5 Å². The largest absolute Gasteiger partial charge is 0.226 e. The Balaban J connectivity index is 2.41. The lowest BCUT2D eigenvalue weighted by molar-refractivity contribution is 0.606. The second kappa shape index (κ2) is 3.48. The van der Waals surface area contributed by atoms with E-state index in [0.717, 1.165) is 0 Å². The molecule has 2 bridgehead atoms. The standard InChI is InChI=1S/C12H19BS/c1-4-10-5-9(2)11-7-12(3,6-10)13(14)8-11/h5,14H,4,6-8H2,1-3H3. The third-order valence-corrected chi connectivity index (χ3v) is 4.73. The fraction of sp³-hybridized carbons (Fsp3) is 0.667. The van der Waals surface area contributed by atoms with Crippen molar-refractivity contribution in [3.8, 4) is 0 Å². The topological polar surface area (TPSA) is 0 Å². The molecule has 0 N–H and O–H groups in total. The molecule has 0 nitrogen and oxygen atoms in total. The van der Waals surface area contributed by atoms with Crippen LogP contribution in [0.1, 0.15) is 40.0 Å². The predicted octanol–water partition coefficient (Wildman–Crippen LogP) is 4.13. The van der Waals surface area contributed by atoms with E-state index in [0.29, 0.717) is 11.3 Å². The Morgan fingerprint density at radius 2 is 2.21 bits per heavy atom. The summed E-state index contributed by atoms with van der Waals surface area (Å²) >= 11 is 4.76. The molecule has 2 rings (SSSR count). The molecule has 0 amide bonds. The molecule has 1 saturated heterocycles. The van der Waals surface area contributed by atoms with Crippen molar-refractivity contribution in [1.82, 2.24) is 0 Å². The van der Waals surface area contributed by atoms with Crippen LogP contribution in [-0.4, -0.2) is 5.99 Å². The zero-order valence-corrected chi connectivity index (χ0v) is 10.3. The molecule has 0 aromatic heterocycles. The average molecular weight is 206 g/mol. The van der Waals surface area contributed by atoms with Gasteiger partial charge in [0.25, 0.3) is 0 Å². The van der Waals surface area contributed by atoms with Crippen LogP contribution in [0.2, 0.25) is 11.6 Å². The third kappa shape index (κ3) is 1.58. The Labute approximate surface area is 93.2 Å². The van der Waals surface area contributed by atoms with Gasteiger partial charge in [-0.05, 0) is 37.8 Å². The van der Waals surface area contributed by atoms with E-state index < -0.39 is 0 Å². The summed E-state index contributed by atoms with van der Waals surface area (Å²) in [5.41, 5.74) is 4.77. The molecule has 0 saturated carbocycles. The predicted molar refractivity (Wildman–Crippen MR) is 68.2 cm³/mol. The Bertz CT molecular complexity index is 316. The molecule has 1 heterocycles. The van der Waals surface area contributed by atoms with Gasteiger partial charge in [0.1, 0.15) is 0 Å². The van der Waals surface area contributed by atoms with Crippen LogP contribution in [0.3, 0.4) is 0 Å². The lowest BCUT2D eigenvalue weighted by Gasteiger charge is -2.27. The maximum absolute atomic E-state index is 4.76. The van der Waals surface area contributed by atoms with Crippen molar-refractivity contribution in [2.75, 3.05) is 0 Å². The second-order valence-corrected chi connectivity index (χ2v) is 5.79. The summed E-state index contributed by atoms with van der Waals surface area (Å²) in [4.78, 5) is 0. The summed E-state index contributed by atoms with van der Waals surface area (Å²) in [5.74, 6) is 0.572. The highest BCUT2D eigenvalue weighted by Crippen LogP contribution is 2.55. The quantitative estimate of drug-likeness (QED) is 0.484. The lowest BCUT2D eigenvalue weighted by atomic mass is 9.51. The van der Waals surface area contributed by atoms with Gasteiger partial charge in [-0.2, -0.15) is 0 Å². The fourth-order valence-electron chi connectivity index (χ4n) is 2.84. The molecule has 1 aliphatic carbocycles. The molecule has 14 heavy (non-hydrogen) atoms. The van der Waals surface area contributed by atoms with Crippen molar-refractivity contribution >= 4 is 18.5 Å². The number of fused-ring (bicyclic) bond motifs is 2. The Kier molecular flexibility index (Phi) is 2.59. The summed E-state index contributed by atoms with van der Waals surface area (Å²) in [6.07, 6.45) is 7.34. The number of hydrogen-bond donors (Lipinski definition) is 1. The first kappa shape index (κ1) is 10.4. The molecule has 1 unspecified atom stereocenters. The molecular formula is C12H19BS. The summed E-state index contributed by atoms with van der Waals surface area (Å²) in [6.45, 7) is 6.93. The molecule has 0 aromatic carbocycles. The van der Waals surface area contributed by atoms with Crippen molar-refractivity contribution in [2.24, 2.45) is 0 Å². The van der Waals surface area contributed by atoms with Crippen LogP contribution in [0.5, 0.6) is 0 Å². The van der Waals surface area contributed by atoms with E-state index in [4.69, 9.17) is 12.5 Å². The van der Waals surface area contributed by atoms with E-state index in [1.165, 1.54) is 31.2 Å². The number of thiol groups is 1. The van der Waals surface area contributed by atoms with Crippen molar-refractivity contribution in [3.63, 3.8) is 0 Å². The summed E-state index contributed by atoms with van der Waals surface area (Å²) in [5, 5.41) is 0.429. The summed E-state index contributed by atoms with van der Waals surface area (Å²) < 4.78 is 0. The Morgan fingerprint density at radius 1 is 1.50 bits per heavy atom. The highest BCUT2D eigenvalue weighted by Gasteiger charge is 2.43. The molecule has 76 valence electrons. The number of allylic oxidation sites excluding steroid dienone is 4. The summed E-state index contributed by atoms with van der Waals surface area (Å²) in [6, 6.07) is 0. The summed E-state index contributed by atoms with van der Waals surface area (Å²) in [7, 11) is 0. The van der Waals surface area contributed by atoms with Gasteiger partial charge in [0.15, 0.2) is 0 Å². The van der Waals surface area contributed by atoms with Gasteiger partial charge >= 0.3 is 0 Å². The second-order valence-electron chi connectivity index (χ2n) is 5.17. The van der Waals surface area contributed by atoms with Crippen molar-refractivity contribution in [1.29, 1.82) is 0 Å².